The Kier molecular flexibility index (Phi) is 7.73. The largest absolute Gasteiger partial charge is 0.462 e. The first kappa shape index (κ1) is 21.0. The minimum atomic E-state index is 0. The van der Waals surface area contributed by atoms with E-state index >= 15 is 0 Å². The first-order chi connectivity index (χ1) is 10.6. The van der Waals surface area contributed by atoms with Gasteiger partial charge in [0.15, 0.2) is 10.8 Å². The van der Waals surface area contributed by atoms with Crippen molar-refractivity contribution in [1.29, 1.82) is 0 Å². The van der Waals surface area contributed by atoms with Crippen LogP contribution in [-0.2, 0) is 0 Å². The minimum absolute atomic E-state index is 0. The lowest BCUT2D eigenvalue weighted by molar-refractivity contribution is 0.0675. The molecule has 0 spiro atoms. The molecule has 24 heavy (non-hydrogen) atoms. The van der Waals surface area contributed by atoms with Gasteiger partial charge in [-0.3, -0.25) is 4.79 Å². The van der Waals surface area contributed by atoms with Gasteiger partial charge >= 0.3 is 0 Å². The molecule has 2 aromatic heterocycles. The quantitative estimate of drug-likeness (QED) is 0.864. The van der Waals surface area contributed by atoms with E-state index in [1.54, 1.807) is 6.26 Å². The Morgan fingerprint density at radius 2 is 2.08 bits per heavy atom. The van der Waals surface area contributed by atoms with E-state index in [9.17, 15) is 4.79 Å². The van der Waals surface area contributed by atoms with Crippen LogP contribution in [-0.4, -0.2) is 34.9 Å². The van der Waals surface area contributed by atoms with Crippen molar-refractivity contribution in [2.75, 3.05) is 13.1 Å². The first-order valence-corrected chi connectivity index (χ1v) is 8.44. The Labute approximate surface area is 158 Å². The standard InChI is InChI=1S/C16H21N3O2S.2ClH/c1-10(17)12-5-7-19(8-6-12)16(20)14-11(2)22-15(18-14)13-4-3-9-21-13;;/h3-4,9-10,12H,5-8,17H2,1-2H3;2*1H. The fraction of sp³-hybridized carbons (Fsp3) is 0.500. The molecule has 1 saturated heterocycles. The van der Waals surface area contributed by atoms with E-state index in [4.69, 9.17) is 10.2 Å². The van der Waals surface area contributed by atoms with Gasteiger partial charge in [-0.25, -0.2) is 4.98 Å². The van der Waals surface area contributed by atoms with Crippen molar-refractivity contribution in [2.24, 2.45) is 11.7 Å². The molecule has 1 atom stereocenters. The number of thiazole rings is 1. The number of aromatic nitrogens is 1. The molecule has 0 saturated carbocycles. The molecule has 3 rings (SSSR count). The number of furan rings is 1. The average Bonchev–Trinajstić information content (AvgIpc) is 3.16. The van der Waals surface area contributed by atoms with Crippen LogP contribution in [0.2, 0.25) is 0 Å². The summed E-state index contributed by atoms with van der Waals surface area (Å²) in [7, 11) is 0. The molecule has 5 nitrogen and oxygen atoms in total. The van der Waals surface area contributed by atoms with Gasteiger partial charge in [-0.15, -0.1) is 36.2 Å². The van der Waals surface area contributed by atoms with Crippen molar-refractivity contribution >= 4 is 42.1 Å². The van der Waals surface area contributed by atoms with E-state index in [2.05, 4.69) is 4.98 Å². The summed E-state index contributed by atoms with van der Waals surface area (Å²) in [6.45, 7) is 5.50. The molecule has 3 heterocycles. The Morgan fingerprint density at radius 3 is 2.62 bits per heavy atom. The monoisotopic (exact) mass is 391 g/mol. The van der Waals surface area contributed by atoms with Crippen molar-refractivity contribution in [3.8, 4) is 10.8 Å². The molecule has 1 amide bonds. The van der Waals surface area contributed by atoms with Gasteiger partial charge in [0.1, 0.15) is 5.69 Å². The van der Waals surface area contributed by atoms with Crippen LogP contribution in [0.1, 0.15) is 35.1 Å². The number of rotatable bonds is 3. The zero-order valence-corrected chi connectivity index (χ0v) is 16.2. The number of hydrogen-bond acceptors (Lipinski definition) is 5. The Bertz CT molecular complexity index is 650. The molecule has 1 aliphatic rings. The van der Waals surface area contributed by atoms with E-state index in [0.29, 0.717) is 17.4 Å². The van der Waals surface area contributed by atoms with Crippen LogP contribution in [0.15, 0.2) is 22.8 Å². The molecule has 0 aliphatic carbocycles. The topological polar surface area (TPSA) is 72.4 Å². The van der Waals surface area contributed by atoms with Gasteiger partial charge in [0.05, 0.1) is 6.26 Å². The van der Waals surface area contributed by atoms with Crippen molar-refractivity contribution in [2.45, 2.75) is 32.7 Å². The molecule has 1 aliphatic heterocycles. The zero-order valence-electron chi connectivity index (χ0n) is 13.7. The molecule has 0 aromatic carbocycles. The predicted molar refractivity (Wildman–Crippen MR) is 101 cm³/mol. The van der Waals surface area contributed by atoms with Gasteiger partial charge in [0.25, 0.3) is 5.91 Å². The van der Waals surface area contributed by atoms with Gasteiger partial charge in [0, 0.05) is 24.0 Å². The van der Waals surface area contributed by atoms with Crippen LogP contribution in [0, 0.1) is 12.8 Å². The summed E-state index contributed by atoms with van der Waals surface area (Å²) in [4.78, 5) is 20.0. The van der Waals surface area contributed by atoms with Crippen LogP contribution >= 0.6 is 36.2 Å². The second-order valence-electron chi connectivity index (χ2n) is 5.89. The first-order valence-electron chi connectivity index (χ1n) is 7.62. The molecule has 2 N–H and O–H groups in total. The van der Waals surface area contributed by atoms with E-state index in [1.165, 1.54) is 11.3 Å². The minimum Gasteiger partial charge on any atom is -0.462 e. The summed E-state index contributed by atoms with van der Waals surface area (Å²) in [5, 5.41) is 0.760. The number of piperidine rings is 1. The van der Waals surface area contributed by atoms with Gasteiger partial charge < -0.3 is 15.1 Å². The SMILES string of the molecule is Cc1sc(-c2ccco2)nc1C(=O)N1CCC(C(C)N)CC1.Cl.Cl. The fourth-order valence-electron chi connectivity index (χ4n) is 2.88. The summed E-state index contributed by atoms with van der Waals surface area (Å²) >= 11 is 1.50. The van der Waals surface area contributed by atoms with Crippen molar-refractivity contribution < 1.29 is 9.21 Å². The molecule has 0 radical (unpaired) electrons. The number of carbonyl (C=O) groups is 1. The number of nitrogens with two attached hydrogens (primary N) is 1. The molecule has 2 aromatic rings. The molecular weight excluding hydrogens is 369 g/mol. The number of likely N-dealkylation sites (tertiary alicyclic amines) is 1. The normalized spacial score (nSPS) is 16.2. The zero-order chi connectivity index (χ0) is 15.7. The Hall–Kier alpha value is -1.08. The van der Waals surface area contributed by atoms with Crippen molar-refractivity contribution in [3.05, 3.63) is 29.0 Å². The third kappa shape index (κ3) is 4.30. The molecule has 1 unspecified atom stereocenters. The maximum atomic E-state index is 12.7. The number of nitrogens with zero attached hydrogens (tertiary/aromatic N) is 2. The lowest BCUT2D eigenvalue weighted by Gasteiger charge is -2.33. The van der Waals surface area contributed by atoms with E-state index < -0.39 is 0 Å². The van der Waals surface area contributed by atoms with Crippen molar-refractivity contribution in [3.63, 3.8) is 0 Å². The van der Waals surface area contributed by atoms with Gasteiger partial charge in [-0.1, -0.05) is 0 Å². The number of carbonyl (C=O) groups excluding carboxylic acids is 1. The highest BCUT2D eigenvalue weighted by molar-refractivity contribution is 7.15. The summed E-state index contributed by atoms with van der Waals surface area (Å²) in [6, 6.07) is 3.89. The second-order valence-corrected chi connectivity index (χ2v) is 7.09. The second kappa shape index (κ2) is 8.85. The van der Waals surface area contributed by atoms with Crippen molar-refractivity contribution in [1.82, 2.24) is 9.88 Å². The maximum absolute atomic E-state index is 12.7. The van der Waals surface area contributed by atoms with Crippen LogP contribution in [0.25, 0.3) is 10.8 Å². The molecular formula is C16H23Cl2N3O2S. The molecule has 8 heteroatoms. The number of hydrogen-bond donors (Lipinski definition) is 1. The van der Waals surface area contributed by atoms with Gasteiger partial charge in [-0.05, 0) is 44.7 Å². The third-order valence-electron chi connectivity index (χ3n) is 4.30. The average molecular weight is 392 g/mol. The summed E-state index contributed by atoms with van der Waals surface area (Å²) in [5.41, 5.74) is 6.51. The van der Waals surface area contributed by atoms with Gasteiger partial charge in [-0.2, -0.15) is 0 Å². The number of halogens is 2. The third-order valence-corrected chi connectivity index (χ3v) is 5.29. The van der Waals surface area contributed by atoms with Crippen LogP contribution in [0.5, 0.6) is 0 Å². The number of amides is 1. The predicted octanol–water partition coefficient (Wildman–Crippen LogP) is 3.75. The summed E-state index contributed by atoms with van der Waals surface area (Å²) < 4.78 is 5.36. The van der Waals surface area contributed by atoms with E-state index in [1.807, 2.05) is 30.9 Å². The van der Waals surface area contributed by atoms with Crippen LogP contribution in [0.3, 0.4) is 0 Å². The van der Waals surface area contributed by atoms with Crippen LogP contribution in [0.4, 0.5) is 0 Å². The molecule has 1 fully saturated rings. The lowest BCUT2D eigenvalue weighted by Crippen LogP contribution is -2.42. The highest BCUT2D eigenvalue weighted by atomic mass is 35.5. The summed E-state index contributed by atoms with van der Waals surface area (Å²) in [6.07, 6.45) is 3.56. The summed E-state index contributed by atoms with van der Waals surface area (Å²) in [5.74, 6) is 1.25. The molecule has 134 valence electrons. The Balaban J connectivity index is 0.00000144. The molecule has 0 bridgehead atoms. The maximum Gasteiger partial charge on any atom is 0.273 e. The highest BCUT2D eigenvalue weighted by Gasteiger charge is 2.28. The van der Waals surface area contributed by atoms with Gasteiger partial charge in [0.2, 0.25) is 0 Å². The smallest absolute Gasteiger partial charge is 0.273 e. The Morgan fingerprint density at radius 1 is 1.42 bits per heavy atom. The fourth-order valence-corrected chi connectivity index (χ4v) is 3.75. The lowest BCUT2D eigenvalue weighted by atomic mass is 9.91. The van der Waals surface area contributed by atoms with Crippen LogP contribution < -0.4 is 5.73 Å². The highest BCUT2D eigenvalue weighted by Crippen LogP contribution is 2.29. The van der Waals surface area contributed by atoms with E-state index in [-0.39, 0.29) is 36.8 Å². The van der Waals surface area contributed by atoms with E-state index in [0.717, 1.165) is 35.8 Å². The number of aryl methyl sites for hydroxylation is 1.